The summed E-state index contributed by atoms with van der Waals surface area (Å²) in [6, 6.07) is 16.5. The molecule has 0 aliphatic carbocycles. The second kappa shape index (κ2) is 8.23. The van der Waals surface area contributed by atoms with Crippen molar-refractivity contribution >= 4 is 5.91 Å². The monoisotopic (exact) mass is 354 g/mol. The van der Waals surface area contributed by atoms with Crippen LogP contribution in [0.4, 0.5) is 0 Å². The molecule has 0 aromatic heterocycles. The van der Waals surface area contributed by atoms with E-state index in [1.54, 1.807) is 21.1 Å². The standard InChI is InChI=1S/C21H26N2O3/c1-15(24)22-19-14-23(12-16-7-5-4-6-8-16)13-18(19)17-9-10-20(25-2)21(11-17)26-3/h4-11,18-19H,12-14H2,1-3H3,(H,22,24)/t18-,19+/m1/s1. The van der Waals surface area contributed by atoms with Gasteiger partial charge in [-0.25, -0.2) is 0 Å². The van der Waals surface area contributed by atoms with Crippen LogP contribution in [0.5, 0.6) is 11.5 Å². The van der Waals surface area contributed by atoms with Gasteiger partial charge in [0.05, 0.1) is 14.2 Å². The average molecular weight is 354 g/mol. The minimum Gasteiger partial charge on any atom is -0.493 e. The Morgan fingerprint density at radius 3 is 2.46 bits per heavy atom. The van der Waals surface area contributed by atoms with Gasteiger partial charge >= 0.3 is 0 Å². The Balaban J connectivity index is 1.82. The summed E-state index contributed by atoms with van der Waals surface area (Å²) in [6.45, 7) is 4.16. The highest BCUT2D eigenvalue weighted by molar-refractivity contribution is 5.73. The van der Waals surface area contributed by atoms with Crippen molar-refractivity contribution in [3.05, 3.63) is 59.7 Å². The van der Waals surface area contributed by atoms with Gasteiger partial charge in [-0.2, -0.15) is 0 Å². The second-order valence-corrected chi connectivity index (χ2v) is 6.71. The molecule has 2 aromatic carbocycles. The average Bonchev–Trinajstić information content (AvgIpc) is 3.03. The highest BCUT2D eigenvalue weighted by atomic mass is 16.5. The molecule has 2 aromatic rings. The van der Waals surface area contributed by atoms with Gasteiger partial charge in [0.2, 0.25) is 5.91 Å². The van der Waals surface area contributed by atoms with Gasteiger partial charge in [0.1, 0.15) is 0 Å². The zero-order chi connectivity index (χ0) is 18.5. The van der Waals surface area contributed by atoms with Gasteiger partial charge in [-0.3, -0.25) is 9.69 Å². The molecule has 0 bridgehead atoms. The largest absolute Gasteiger partial charge is 0.493 e. The summed E-state index contributed by atoms with van der Waals surface area (Å²) in [5, 5.41) is 3.12. The zero-order valence-electron chi connectivity index (χ0n) is 15.6. The number of nitrogens with one attached hydrogen (secondary N) is 1. The summed E-state index contributed by atoms with van der Waals surface area (Å²) in [7, 11) is 3.28. The van der Waals surface area contributed by atoms with Crippen LogP contribution in [0.15, 0.2) is 48.5 Å². The number of nitrogens with zero attached hydrogens (tertiary/aromatic N) is 1. The van der Waals surface area contributed by atoms with Crippen LogP contribution in [-0.2, 0) is 11.3 Å². The Bertz CT molecular complexity index is 748. The van der Waals surface area contributed by atoms with Gasteiger partial charge in [-0.05, 0) is 23.3 Å². The number of rotatable bonds is 6. The summed E-state index contributed by atoms with van der Waals surface area (Å²) in [6.07, 6.45) is 0. The van der Waals surface area contributed by atoms with Crippen molar-refractivity contribution in [2.45, 2.75) is 25.4 Å². The first kappa shape index (κ1) is 18.3. The van der Waals surface area contributed by atoms with Crippen LogP contribution in [0.25, 0.3) is 0 Å². The Labute approximate surface area is 154 Å². The molecule has 5 nitrogen and oxygen atoms in total. The highest BCUT2D eigenvalue weighted by Gasteiger charge is 2.34. The topological polar surface area (TPSA) is 50.8 Å². The zero-order valence-corrected chi connectivity index (χ0v) is 15.6. The third kappa shape index (κ3) is 4.17. The molecule has 1 saturated heterocycles. The van der Waals surface area contributed by atoms with Crippen molar-refractivity contribution in [1.29, 1.82) is 0 Å². The maximum atomic E-state index is 11.7. The molecule has 0 unspecified atom stereocenters. The molecule has 3 rings (SSSR count). The summed E-state index contributed by atoms with van der Waals surface area (Å²) in [5.74, 6) is 1.64. The van der Waals surface area contributed by atoms with Crippen LogP contribution in [0.1, 0.15) is 24.0 Å². The fourth-order valence-electron chi connectivity index (χ4n) is 3.68. The summed E-state index contributed by atoms with van der Waals surface area (Å²) in [5.41, 5.74) is 2.43. The number of likely N-dealkylation sites (tertiary alicyclic amines) is 1. The molecular formula is C21H26N2O3. The smallest absolute Gasteiger partial charge is 0.217 e. The fourth-order valence-corrected chi connectivity index (χ4v) is 3.68. The molecule has 1 heterocycles. The third-order valence-corrected chi connectivity index (χ3v) is 4.87. The number of hydrogen-bond donors (Lipinski definition) is 1. The van der Waals surface area contributed by atoms with Gasteiger partial charge in [0, 0.05) is 38.5 Å². The van der Waals surface area contributed by atoms with Crippen molar-refractivity contribution < 1.29 is 14.3 Å². The molecular weight excluding hydrogens is 328 g/mol. The van der Waals surface area contributed by atoms with E-state index in [-0.39, 0.29) is 17.9 Å². The minimum absolute atomic E-state index is 0.00189. The number of hydrogen-bond acceptors (Lipinski definition) is 4. The number of ether oxygens (including phenoxy) is 2. The van der Waals surface area contributed by atoms with Crippen LogP contribution in [0.2, 0.25) is 0 Å². The van der Waals surface area contributed by atoms with Crippen LogP contribution < -0.4 is 14.8 Å². The van der Waals surface area contributed by atoms with Crippen LogP contribution in [0.3, 0.4) is 0 Å². The Kier molecular flexibility index (Phi) is 5.78. The molecule has 1 aliphatic rings. The van der Waals surface area contributed by atoms with Crippen LogP contribution >= 0.6 is 0 Å². The predicted molar refractivity (Wildman–Crippen MR) is 102 cm³/mol. The van der Waals surface area contributed by atoms with Crippen molar-refractivity contribution in [3.8, 4) is 11.5 Å². The molecule has 5 heteroatoms. The first-order valence-electron chi connectivity index (χ1n) is 8.86. The lowest BCUT2D eigenvalue weighted by Gasteiger charge is -2.20. The maximum absolute atomic E-state index is 11.7. The van der Waals surface area contributed by atoms with E-state index in [1.807, 2.05) is 18.2 Å². The lowest BCUT2D eigenvalue weighted by molar-refractivity contribution is -0.119. The molecule has 138 valence electrons. The molecule has 1 aliphatic heterocycles. The van der Waals surface area contributed by atoms with Gasteiger partial charge in [-0.15, -0.1) is 0 Å². The number of benzene rings is 2. The minimum atomic E-state index is 0.00189. The van der Waals surface area contributed by atoms with E-state index in [2.05, 4.69) is 40.5 Å². The second-order valence-electron chi connectivity index (χ2n) is 6.71. The van der Waals surface area contributed by atoms with E-state index in [4.69, 9.17) is 9.47 Å². The highest BCUT2D eigenvalue weighted by Crippen LogP contribution is 2.35. The Morgan fingerprint density at radius 1 is 1.08 bits per heavy atom. The van der Waals surface area contributed by atoms with E-state index in [1.165, 1.54) is 5.56 Å². The number of carbonyl (C=O) groups is 1. The van der Waals surface area contributed by atoms with Gasteiger partial charge in [0.15, 0.2) is 11.5 Å². The number of carbonyl (C=O) groups excluding carboxylic acids is 1. The summed E-state index contributed by atoms with van der Waals surface area (Å²) >= 11 is 0. The van der Waals surface area contributed by atoms with Crippen LogP contribution in [0, 0.1) is 0 Å². The first-order chi connectivity index (χ1) is 12.6. The molecule has 2 atom stereocenters. The lowest BCUT2D eigenvalue weighted by atomic mass is 9.94. The molecule has 1 amide bonds. The first-order valence-corrected chi connectivity index (χ1v) is 8.86. The molecule has 0 saturated carbocycles. The van der Waals surface area contributed by atoms with Gasteiger partial charge in [0.25, 0.3) is 0 Å². The van der Waals surface area contributed by atoms with Crippen molar-refractivity contribution in [3.63, 3.8) is 0 Å². The maximum Gasteiger partial charge on any atom is 0.217 e. The Hall–Kier alpha value is -2.53. The molecule has 1 fully saturated rings. The van der Waals surface area contributed by atoms with E-state index in [9.17, 15) is 4.79 Å². The van der Waals surface area contributed by atoms with E-state index in [0.717, 1.165) is 25.2 Å². The van der Waals surface area contributed by atoms with E-state index >= 15 is 0 Å². The lowest BCUT2D eigenvalue weighted by Crippen LogP contribution is -2.38. The summed E-state index contributed by atoms with van der Waals surface area (Å²) in [4.78, 5) is 14.1. The quantitative estimate of drug-likeness (QED) is 0.867. The summed E-state index contributed by atoms with van der Waals surface area (Å²) < 4.78 is 10.8. The molecule has 0 radical (unpaired) electrons. The van der Waals surface area contributed by atoms with Gasteiger partial charge < -0.3 is 14.8 Å². The number of methoxy groups -OCH3 is 2. The molecule has 0 spiro atoms. The van der Waals surface area contributed by atoms with E-state index < -0.39 is 0 Å². The van der Waals surface area contributed by atoms with Crippen molar-refractivity contribution in [2.24, 2.45) is 0 Å². The molecule has 1 N–H and O–H groups in total. The Morgan fingerprint density at radius 2 is 1.81 bits per heavy atom. The number of amides is 1. The van der Waals surface area contributed by atoms with E-state index in [0.29, 0.717) is 11.5 Å². The van der Waals surface area contributed by atoms with Crippen LogP contribution in [-0.4, -0.2) is 44.2 Å². The normalized spacial score (nSPS) is 20.0. The van der Waals surface area contributed by atoms with Crippen molar-refractivity contribution in [1.82, 2.24) is 10.2 Å². The van der Waals surface area contributed by atoms with Gasteiger partial charge in [-0.1, -0.05) is 36.4 Å². The SMILES string of the molecule is COc1ccc([C@H]2CN(Cc3ccccc3)C[C@@H]2NC(C)=O)cc1OC. The third-order valence-electron chi connectivity index (χ3n) is 4.87. The fraction of sp³-hybridized carbons (Fsp3) is 0.381. The molecule has 26 heavy (non-hydrogen) atoms. The van der Waals surface area contributed by atoms with Crippen molar-refractivity contribution in [2.75, 3.05) is 27.3 Å². The predicted octanol–water partition coefficient (Wildman–Crippen LogP) is 2.81.